The fourth-order valence-electron chi connectivity index (χ4n) is 3.94. The maximum atomic E-state index is 13.0. The molecule has 2 aromatic rings. The largest absolute Gasteiger partial charge is 0.486 e. The number of sulfonamides is 1. The third-order valence-electron chi connectivity index (χ3n) is 5.97. The van der Waals surface area contributed by atoms with Crippen molar-refractivity contribution in [1.82, 2.24) is 4.31 Å². The van der Waals surface area contributed by atoms with E-state index in [4.69, 9.17) is 14.2 Å². The van der Waals surface area contributed by atoms with Crippen LogP contribution in [0.3, 0.4) is 0 Å². The van der Waals surface area contributed by atoms with Gasteiger partial charge in [-0.05, 0) is 42.0 Å². The summed E-state index contributed by atoms with van der Waals surface area (Å²) in [6, 6.07) is 12.7. The first-order chi connectivity index (χ1) is 15.3. The molecular weight excluding hydrogens is 430 g/mol. The SMILES string of the molecule is CC(C)c1ccc(COC(=O)C2CCN(S(=O)(=O)c3ccc4c(c3)OCCO4)CC2)cc1. The summed E-state index contributed by atoms with van der Waals surface area (Å²) in [5.74, 6) is 0.883. The number of piperidine rings is 1. The number of hydrogen-bond donors (Lipinski definition) is 0. The van der Waals surface area contributed by atoms with Crippen LogP contribution in [0.2, 0.25) is 0 Å². The van der Waals surface area contributed by atoms with Gasteiger partial charge in [-0.15, -0.1) is 0 Å². The zero-order chi connectivity index (χ0) is 22.7. The van der Waals surface area contributed by atoms with Gasteiger partial charge in [-0.1, -0.05) is 38.1 Å². The molecule has 8 heteroatoms. The Morgan fingerprint density at radius 1 is 1.03 bits per heavy atom. The first kappa shape index (κ1) is 22.6. The zero-order valence-electron chi connectivity index (χ0n) is 18.5. The summed E-state index contributed by atoms with van der Waals surface area (Å²) in [5, 5.41) is 0. The third kappa shape index (κ3) is 4.91. The Hall–Kier alpha value is -2.58. The molecule has 0 bridgehead atoms. The molecule has 2 heterocycles. The molecule has 0 atom stereocenters. The van der Waals surface area contributed by atoms with E-state index in [9.17, 15) is 13.2 Å². The molecule has 2 aliphatic rings. The molecule has 2 aliphatic heterocycles. The van der Waals surface area contributed by atoms with Gasteiger partial charge in [0.05, 0.1) is 10.8 Å². The molecule has 0 amide bonds. The van der Waals surface area contributed by atoms with E-state index in [1.165, 1.54) is 22.0 Å². The predicted octanol–water partition coefficient (Wildman–Crippen LogP) is 3.73. The summed E-state index contributed by atoms with van der Waals surface area (Å²) < 4.78 is 44.0. The minimum Gasteiger partial charge on any atom is -0.486 e. The minimum absolute atomic E-state index is 0.174. The van der Waals surface area contributed by atoms with E-state index in [1.54, 1.807) is 6.07 Å². The quantitative estimate of drug-likeness (QED) is 0.613. The summed E-state index contributed by atoms with van der Waals surface area (Å²) in [6.45, 7) is 5.90. The lowest BCUT2D eigenvalue weighted by Crippen LogP contribution is -2.40. The highest BCUT2D eigenvalue weighted by Crippen LogP contribution is 2.34. The van der Waals surface area contributed by atoms with E-state index < -0.39 is 10.0 Å². The van der Waals surface area contributed by atoms with Gasteiger partial charge in [0.25, 0.3) is 0 Å². The number of hydrogen-bond acceptors (Lipinski definition) is 6. The van der Waals surface area contributed by atoms with Gasteiger partial charge in [0.2, 0.25) is 10.0 Å². The molecular formula is C24H29NO6S. The normalized spacial score (nSPS) is 17.3. The summed E-state index contributed by atoms with van der Waals surface area (Å²) in [4.78, 5) is 12.7. The third-order valence-corrected chi connectivity index (χ3v) is 7.86. The van der Waals surface area contributed by atoms with Gasteiger partial charge in [0.15, 0.2) is 11.5 Å². The number of benzene rings is 2. The number of carbonyl (C=O) groups is 1. The molecule has 2 aromatic carbocycles. The van der Waals surface area contributed by atoms with Crippen LogP contribution in [0.4, 0.5) is 0 Å². The number of carbonyl (C=O) groups excluding carboxylic acids is 1. The average Bonchev–Trinajstić information content (AvgIpc) is 2.82. The lowest BCUT2D eigenvalue weighted by Gasteiger charge is -2.30. The Kier molecular flexibility index (Phi) is 6.71. The molecule has 1 saturated heterocycles. The zero-order valence-corrected chi connectivity index (χ0v) is 19.3. The van der Waals surface area contributed by atoms with Crippen LogP contribution in [0, 0.1) is 5.92 Å². The fourth-order valence-corrected chi connectivity index (χ4v) is 5.42. The van der Waals surface area contributed by atoms with Crippen molar-refractivity contribution in [3.05, 3.63) is 53.6 Å². The molecule has 0 unspecified atom stereocenters. The molecule has 1 fully saturated rings. The van der Waals surface area contributed by atoms with Gasteiger partial charge in [-0.3, -0.25) is 4.79 Å². The number of esters is 1. The van der Waals surface area contributed by atoms with E-state index in [1.807, 2.05) is 12.1 Å². The highest BCUT2D eigenvalue weighted by molar-refractivity contribution is 7.89. The average molecular weight is 460 g/mol. The molecule has 0 spiro atoms. The molecule has 172 valence electrons. The van der Waals surface area contributed by atoms with Crippen LogP contribution in [0.1, 0.15) is 43.7 Å². The van der Waals surface area contributed by atoms with Crippen LogP contribution in [-0.2, 0) is 26.2 Å². The molecule has 32 heavy (non-hydrogen) atoms. The van der Waals surface area contributed by atoms with Gasteiger partial charge < -0.3 is 14.2 Å². The van der Waals surface area contributed by atoms with Crippen LogP contribution in [0.5, 0.6) is 11.5 Å². The predicted molar refractivity (Wildman–Crippen MR) is 119 cm³/mol. The lowest BCUT2D eigenvalue weighted by molar-refractivity contribution is -0.151. The summed E-state index contributed by atoms with van der Waals surface area (Å²) in [5.41, 5.74) is 2.19. The van der Waals surface area contributed by atoms with E-state index >= 15 is 0 Å². The molecule has 0 N–H and O–H groups in total. The van der Waals surface area contributed by atoms with E-state index in [0.717, 1.165) is 5.56 Å². The smallest absolute Gasteiger partial charge is 0.309 e. The monoisotopic (exact) mass is 459 g/mol. The van der Waals surface area contributed by atoms with Crippen LogP contribution in [0.25, 0.3) is 0 Å². The highest BCUT2D eigenvalue weighted by Gasteiger charge is 2.33. The van der Waals surface area contributed by atoms with E-state index in [-0.39, 0.29) is 36.5 Å². The van der Waals surface area contributed by atoms with Crippen LogP contribution in [0.15, 0.2) is 47.4 Å². The van der Waals surface area contributed by atoms with Crippen molar-refractivity contribution in [2.24, 2.45) is 5.92 Å². The minimum atomic E-state index is -3.67. The topological polar surface area (TPSA) is 82.1 Å². The number of ether oxygens (including phenoxy) is 3. The maximum absolute atomic E-state index is 13.0. The Morgan fingerprint density at radius 2 is 1.69 bits per heavy atom. The van der Waals surface area contributed by atoms with Crippen molar-refractivity contribution in [3.63, 3.8) is 0 Å². The van der Waals surface area contributed by atoms with Gasteiger partial charge >= 0.3 is 5.97 Å². The van der Waals surface area contributed by atoms with E-state index in [0.29, 0.717) is 43.5 Å². The second-order valence-corrected chi connectivity index (χ2v) is 10.4. The molecule has 0 saturated carbocycles. The van der Waals surface area contributed by atoms with Crippen molar-refractivity contribution in [2.45, 2.75) is 44.1 Å². The fraction of sp³-hybridized carbons (Fsp3) is 0.458. The number of nitrogens with zero attached hydrogens (tertiary/aromatic N) is 1. The molecule has 0 aliphatic carbocycles. The van der Waals surface area contributed by atoms with Crippen LogP contribution in [-0.4, -0.2) is 45.0 Å². The van der Waals surface area contributed by atoms with Gasteiger partial charge in [0, 0.05) is 19.2 Å². The Morgan fingerprint density at radius 3 is 2.34 bits per heavy atom. The highest BCUT2D eigenvalue weighted by atomic mass is 32.2. The molecule has 0 radical (unpaired) electrons. The Labute approximate surface area is 189 Å². The lowest BCUT2D eigenvalue weighted by atomic mass is 9.98. The van der Waals surface area contributed by atoms with Gasteiger partial charge in [-0.2, -0.15) is 4.31 Å². The number of rotatable bonds is 6. The maximum Gasteiger partial charge on any atom is 0.309 e. The molecule has 7 nitrogen and oxygen atoms in total. The molecule has 0 aromatic heterocycles. The van der Waals surface area contributed by atoms with Crippen LogP contribution >= 0.6 is 0 Å². The first-order valence-electron chi connectivity index (χ1n) is 11.0. The first-order valence-corrected chi connectivity index (χ1v) is 12.4. The summed E-state index contributed by atoms with van der Waals surface area (Å²) in [6.07, 6.45) is 0.879. The van der Waals surface area contributed by atoms with Crippen molar-refractivity contribution in [3.8, 4) is 11.5 Å². The molecule has 4 rings (SSSR count). The second-order valence-electron chi connectivity index (χ2n) is 8.49. The van der Waals surface area contributed by atoms with Gasteiger partial charge in [-0.25, -0.2) is 8.42 Å². The Balaban J connectivity index is 1.31. The van der Waals surface area contributed by atoms with E-state index in [2.05, 4.69) is 26.0 Å². The summed E-state index contributed by atoms with van der Waals surface area (Å²) >= 11 is 0. The Bertz CT molecular complexity index is 1060. The van der Waals surface area contributed by atoms with Crippen LogP contribution < -0.4 is 9.47 Å². The number of fused-ring (bicyclic) bond motifs is 1. The van der Waals surface area contributed by atoms with Gasteiger partial charge in [0.1, 0.15) is 19.8 Å². The summed E-state index contributed by atoms with van der Waals surface area (Å²) in [7, 11) is -3.67. The standard InChI is InChI=1S/C24H29NO6S/c1-17(2)19-5-3-18(4-6-19)16-31-24(26)20-9-11-25(12-10-20)32(27,28)21-7-8-22-23(15-21)30-14-13-29-22/h3-8,15,17,20H,9-14,16H2,1-2H3. The van der Waals surface area contributed by atoms with Crippen molar-refractivity contribution in [2.75, 3.05) is 26.3 Å². The van der Waals surface area contributed by atoms with Crippen molar-refractivity contribution in [1.29, 1.82) is 0 Å². The van der Waals surface area contributed by atoms with Crippen molar-refractivity contribution < 1.29 is 27.4 Å². The van der Waals surface area contributed by atoms with Crippen molar-refractivity contribution >= 4 is 16.0 Å². The second kappa shape index (κ2) is 9.50.